The molecule has 0 saturated carbocycles. The summed E-state index contributed by atoms with van der Waals surface area (Å²) >= 11 is 2.21. The molecule has 102 valence electrons. The molecule has 0 aliphatic carbocycles. The van der Waals surface area contributed by atoms with Crippen LogP contribution in [0.2, 0.25) is 0 Å². The van der Waals surface area contributed by atoms with E-state index in [2.05, 4.69) is 0 Å². The van der Waals surface area contributed by atoms with Crippen molar-refractivity contribution in [3.63, 3.8) is 0 Å². The van der Waals surface area contributed by atoms with Crippen molar-refractivity contribution in [3.8, 4) is 0 Å². The molecule has 0 amide bonds. The Morgan fingerprint density at radius 3 is 1.94 bits per heavy atom. The van der Waals surface area contributed by atoms with Crippen LogP contribution in [-0.2, 0) is 19.1 Å². The molecule has 0 aromatic rings. The van der Waals surface area contributed by atoms with Crippen molar-refractivity contribution in [2.45, 2.75) is 33.1 Å². The van der Waals surface area contributed by atoms with E-state index in [-0.39, 0.29) is 10.2 Å². The number of hydrogen-bond donors (Lipinski definition) is 0. The molecular formula is C12H18O4S2. The number of allylic oxidation sites excluding steroid dienone is 1. The Morgan fingerprint density at radius 2 is 1.56 bits per heavy atom. The van der Waals surface area contributed by atoms with Crippen molar-refractivity contribution in [3.05, 3.63) is 9.81 Å². The summed E-state index contributed by atoms with van der Waals surface area (Å²) in [4.78, 5) is 34.5. The second kappa shape index (κ2) is 10.3. The first-order valence-corrected chi connectivity index (χ1v) is 7.16. The van der Waals surface area contributed by atoms with E-state index in [9.17, 15) is 14.4 Å². The average Bonchev–Trinajstić information content (AvgIpc) is 2.29. The first-order chi connectivity index (χ1) is 8.51. The number of carbonyl (C=O) groups excluding carboxylic acids is 3. The fraction of sp³-hybridized carbons (Fsp3) is 0.583. The molecule has 0 bridgehead atoms. The van der Waals surface area contributed by atoms with E-state index in [1.807, 2.05) is 0 Å². The third-order valence-corrected chi connectivity index (χ3v) is 3.97. The van der Waals surface area contributed by atoms with Crippen molar-refractivity contribution in [1.29, 1.82) is 0 Å². The average molecular weight is 290 g/mol. The highest BCUT2D eigenvalue weighted by Crippen LogP contribution is 2.33. The molecule has 0 atom stereocenters. The van der Waals surface area contributed by atoms with Crippen LogP contribution in [0.25, 0.3) is 0 Å². The third kappa shape index (κ3) is 8.49. The lowest BCUT2D eigenvalue weighted by molar-refractivity contribution is -0.109. The van der Waals surface area contributed by atoms with Crippen LogP contribution in [0.4, 0.5) is 0 Å². The molecule has 18 heavy (non-hydrogen) atoms. The summed E-state index contributed by atoms with van der Waals surface area (Å²) in [7, 11) is 1.58. The molecule has 0 aliphatic rings. The van der Waals surface area contributed by atoms with E-state index < -0.39 is 0 Å². The van der Waals surface area contributed by atoms with E-state index in [0.29, 0.717) is 25.9 Å². The Hall–Kier alpha value is -0.590. The van der Waals surface area contributed by atoms with Gasteiger partial charge < -0.3 is 9.53 Å². The number of methoxy groups -OCH3 is 1. The predicted octanol–water partition coefficient (Wildman–Crippen LogP) is 2.77. The van der Waals surface area contributed by atoms with Gasteiger partial charge >= 0.3 is 0 Å². The number of rotatable bonds is 8. The molecule has 6 heteroatoms. The van der Waals surface area contributed by atoms with Gasteiger partial charge in [-0.05, 0) is 6.42 Å². The van der Waals surface area contributed by atoms with E-state index in [0.717, 1.165) is 39.6 Å². The Kier molecular flexibility index (Phi) is 10.0. The molecule has 0 rings (SSSR count). The molecule has 0 unspecified atom stereocenters. The smallest absolute Gasteiger partial charge is 0.190 e. The maximum Gasteiger partial charge on any atom is 0.190 e. The van der Waals surface area contributed by atoms with Crippen LogP contribution in [0.3, 0.4) is 0 Å². The lowest BCUT2D eigenvalue weighted by Gasteiger charge is -2.11. The highest BCUT2D eigenvalue weighted by molar-refractivity contribution is 8.20. The molecule has 0 radical (unpaired) electrons. The van der Waals surface area contributed by atoms with Crippen LogP contribution in [-0.4, -0.2) is 30.2 Å². The van der Waals surface area contributed by atoms with Gasteiger partial charge in [-0.15, -0.1) is 0 Å². The van der Waals surface area contributed by atoms with Crippen molar-refractivity contribution in [2.24, 2.45) is 0 Å². The molecular weight excluding hydrogens is 272 g/mol. The minimum atomic E-state index is -0.0463. The number of thioether (sulfide) groups is 2. The van der Waals surface area contributed by atoms with Crippen LogP contribution in [0.15, 0.2) is 9.81 Å². The summed E-state index contributed by atoms with van der Waals surface area (Å²) in [5.74, 6) is 0. The van der Waals surface area contributed by atoms with E-state index in [4.69, 9.17) is 4.74 Å². The summed E-state index contributed by atoms with van der Waals surface area (Å²) < 4.78 is 4.99. The van der Waals surface area contributed by atoms with Gasteiger partial charge in [-0.2, -0.15) is 0 Å². The highest BCUT2D eigenvalue weighted by atomic mass is 32.2. The van der Waals surface area contributed by atoms with Crippen molar-refractivity contribution < 1.29 is 19.1 Å². The maximum atomic E-state index is 11.2. The summed E-state index contributed by atoms with van der Waals surface area (Å²) in [6.45, 7) is 3.43. The Bertz CT molecular complexity index is 337. The molecule has 0 saturated heterocycles. The first-order valence-electron chi connectivity index (χ1n) is 5.52. The van der Waals surface area contributed by atoms with Crippen molar-refractivity contribution in [2.75, 3.05) is 13.7 Å². The molecule has 0 spiro atoms. The van der Waals surface area contributed by atoms with Gasteiger partial charge in [-0.3, -0.25) is 9.59 Å². The predicted molar refractivity (Wildman–Crippen MR) is 75.4 cm³/mol. The van der Waals surface area contributed by atoms with E-state index in [1.54, 1.807) is 7.11 Å². The normalized spacial score (nSPS) is 11.9. The van der Waals surface area contributed by atoms with Gasteiger partial charge in [0, 0.05) is 43.6 Å². The zero-order valence-electron chi connectivity index (χ0n) is 10.9. The molecule has 0 aromatic heterocycles. The highest BCUT2D eigenvalue weighted by Gasteiger charge is 2.13. The minimum Gasteiger partial charge on any atom is -0.384 e. The van der Waals surface area contributed by atoms with Crippen molar-refractivity contribution >= 4 is 40.0 Å². The van der Waals surface area contributed by atoms with Crippen LogP contribution < -0.4 is 0 Å². The lowest BCUT2D eigenvalue weighted by atomic mass is 10.3. The fourth-order valence-electron chi connectivity index (χ4n) is 1.23. The summed E-state index contributed by atoms with van der Waals surface area (Å²) in [5, 5.41) is -0.0798. The van der Waals surface area contributed by atoms with Gasteiger partial charge in [0.05, 0.1) is 6.61 Å². The number of aldehydes is 1. The number of ether oxygens (including phenoxy) is 1. The molecule has 0 heterocycles. The van der Waals surface area contributed by atoms with Gasteiger partial charge in [-0.1, -0.05) is 23.5 Å². The summed E-state index contributed by atoms with van der Waals surface area (Å²) in [6.07, 6.45) is 2.24. The van der Waals surface area contributed by atoms with Crippen LogP contribution in [0.1, 0.15) is 33.1 Å². The van der Waals surface area contributed by atoms with Gasteiger partial charge in [0.2, 0.25) is 0 Å². The van der Waals surface area contributed by atoms with Gasteiger partial charge in [0.1, 0.15) is 6.29 Å². The number of carbonyl (C=O) groups is 3. The summed E-state index contributed by atoms with van der Waals surface area (Å²) in [5.41, 5.74) is 0. The molecule has 4 nitrogen and oxygen atoms in total. The molecule has 0 N–H and O–H groups in total. The van der Waals surface area contributed by atoms with E-state index in [1.165, 1.54) is 13.8 Å². The Morgan fingerprint density at radius 1 is 1.06 bits per heavy atom. The standard InChI is InChI=1S/C12H18O4S2/c1-9(14)17-11(5-4-7-13)12(6-8-16-3)18-10(2)15/h7H,4-6,8H2,1-3H3/b12-11+. The molecule has 0 fully saturated rings. The minimum absolute atomic E-state index is 0.0335. The van der Waals surface area contributed by atoms with Crippen molar-refractivity contribution in [1.82, 2.24) is 0 Å². The Balaban J connectivity index is 4.99. The lowest BCUT2D eigenvalue weighted by Crippen LogP contribution is -1.98. The Labute approximate surface area is 116 Å². The topological polar surface area (TPSA) is 60.4 Å². The molecule has 0 aromatic carbocycles. The van der Waals surface area contributed by atoms with Gasteiger partial charge in [0.15, 0.2) is 10.2 Å². The quantitative estimate of drug-likeness (QED) is 0.641. The van der Waals surface area contributed by atoms with Crippen LogP contribution in [0, 0.1) is 0 Å². The third-order valence-electron chi connectivity index (χ3n) is 1.87. The monoisotopic (exact) mass is 290 g/mol. The summed E-state index contributed by atoms with van der Waals surface area (Å²) in [6, 6.07) is 0. The van der Waals surface area contributed by atoms with E-state index >= 15 is 0 Å². The van der Waals surface area contributed by atoms with Gasteiger partial charge in [0.25, 0.3) is 0 Å². The zero-order valence-corrected chi connectivity index (χ0v) is 12.5. The SMILES string of the molecule is COCC/C(SC(C)=O)=C(/CCC=O)SC(C)=O. The second-order valence-electron chi connectivity index (χ2n) is 3.48. The van der Waals surface area contributed by atoms with Gasteiger partial charge in [-0.25, -0.2) is 0 Å². The zero-order chi connectivity index (χ0) is 14.0. The molecule has 0 aliphatic heterocycles. The van der Waals surface area contributed by atoms with Crippen LogP contribution >= 0.6 is 23.5 Å². The largest absolute Gasteiger partial charge is 0.384 e. The maximum absolute atomic E-state index is 11.2. The number of hydrogen-bond acceptors (Lipinski definition) is 6. The van der Waals surface area contributed by atoms with Crippen LogP contribution in [0.5, 0.6) is 0 Å². The fourth-order valence-corrected chi connectivity index (χ4v) is 3.01. The first kappa shape index (κ1) is 17.4. The second-order valence-corrected chi connectivity index (χ2v) is 6.03.